The van der Waals surface area contributed by atoms with Gasteiger partial charge in [-0.15, -0.1) is 0 Å². The Morgan fingerprint density at radius 1 is 1.15 bits per heavy atom. The summed E-state index contributed by atoms with van der Waals surface area (Å²) in [5.74, 6) is 1.86. The van der Waals surface area contributed by atoms with Gasteiger partial charge < -0.3 is 14.7 Å². The Kier molecular flexibility index (Phi) is 6.29. The number of rotatable bonds is 7. The number of aliphatic hydroxyl groups is 1. The molecule has 1 fully saturated rings. The van der Waals surface area contributed by atoms with E-state index in [4.69, 9.17) is 9.57 Å². The van der Waals surface area contributed by atoms with Crippen molar-refractivity contribution >= 4 is 5.71 Å². The summed E-state index contributed by atoms with van der Waals surface area (Å²) in [6.45, 7) is 2.69. The maximum Gasteiger partial charge on any atom is 0.142 e. The molecule has 0 heterocycles. The zero-order valence-corrected chi connectivity index (χ0v) is 15.5. The molecule has 1 aliphatic carbocycles. The Morgan fingerprint density at radius 3 is 2.65 bits per heavy atom. The number of hydrogen-bond acceptors (Lipinski definition) is 4. The lowest BCUT2D eigenvalue weighted by molar-refractivity contribution is 0.130. The number of methoxy groups -OCH3 is 1. The number of hydrogen-bond donors (Lipinski definition) is 1. The topological polar surface area (TPSA) is 51.0 Å². The highest BCUT2D eigenvalue weighted by Crippen LogP contribution is 2.37. The minimum atomic E-state index is 0.313. The molecule has 26 heavy (non-hydrogen) atoms. The van der Waals surface area contributed by atoms with Gasteiger partial charge in [-0.25, -0.2) is 0 Å². The third-order valence-corrected chi connectivity index (χ3v) is 5.17. The Morgan fingerprint density at radius 2 is 1.96 bits per heavy atom. The average molecular weight is 353 g/mol. The van der Waals surface area contributed by atoms with E-state index in [1.807, 2.05) is 31.2 Å². The molecule has 0 spiro atoms. The number of oxime groups is 1. The fourth-order valence-corrected chi connectivity index (χ4v) is 3.53. The number of aliphatic hydroxyl groups excluding tert-OH is 1. The molecule has 0 bridgehead atoms. The van der Waals surface area contributed by atoms with Crippen LogP contribution in [0.2, 0.25) is 0 Å². The van der Waals surface area contributed by atoms with Crippen LogP contribution in [0.1, 0.15) is 48.8 Å². The van der Waals surface area contributed by atoms with Crippen LogP contribution in [0, 0.1) is 5.92 Å². The van der Waals surface area contributed by atoms with Gasteiger partial charge in [-0.3, -0.25) is 0 Å². The summed E-state index contributed by atoms with van der Waals surface area (Å²) in [6.07, 6.45) is 3.39. The van der Waals surface area contributed by atoms with Crippen molar-refractivity contribution in [2.75, 3.05) is 13.7 Å². The second-order valence-corrected chi connectivity index (χ2v) is 6.98. The monoisotopic (exact) mass is 353 g/mol. The zero-order chi connectivity index (χ0) is 18.4. The van der Waals surface area contributed by atoms with Gasteiger partial charge in [-0.1, -0.05) is 41.6 Å². The van der Waals surface area contributed by atoms with Crippen molar-refractivity contribution in [2.45, 2.75) is 38.7 Å². The van der Waals surface area contributed by atoms with Crippen LogP contribution in [0.15, 0.2) is 53.7 Å². The summed E-state index contributed by atoms with van der Waals surface area (Å²) in [7, 11) is 1.65. The largest absolute Gasteiger partial charge is 0.497 e. The van der Waals surface area contributed by atoms with Gasteiger partial charge in [0.25, 0.3) is 0 Å². The third kappa shape index (κ3) is 4.64. The van der Waals surface area contributed by atoms with Crippen LogP contribution in [0.3, 0.4) is 0 Å². The molecule has 0 unspecified atom stereocenters. The molecular formula is C22H27NO3. The predicted molar refractivity (Wildman–Crippen MR) is 104 cm³/mol. The lowest BCUT2D eigenvalue weighted by Gasteiger charge is -2.11. The molecular weight excluding hydrogens is 326 g/mol. The molecule has 2 aromatic rings. The van der Waals surface area contributed by atoms with E-state index in [0.29, 0.717) is 25.0 Å². The predicted octanol–water partition coefficient (Wildman–Crippen LogP) is 4.51. The van der Waals surface area contributed by atoms with Gasteiger partial charge in [0.2, 0.25) is 0 Å². The Balaban J connectivity index is 1.54. The van der Waals surface area contributed by atoms with Gasteiger partial charge in [-0.2, -0.15) is 0 Å². The molecule has 138 valence electrons. The lowest BCUT2D eigenvalue weighted by Crippen LogP contribution is -2.01. The van der Waals surface area contributed by atoms with Crippen molar-refractivity contribution in [1.29, 1.82) is 0 Å². The standard InChI is InChI=1S/C22H27NO3/c1-16(20-4-3-5-22(13-20)25-2)23-26-15-17-6-9-19(10-7-17)21-11-8-18(12-21)14-24/h3-7,9-10,13,18,21,24H,8,11-12,14-15H2,1-2H3/b23-16+/t18-,21-/m0/s1. The molecule has 4 heteroatoms. The second-order valence-electron chi connectivity index (χ2n) is 6.98. The molecule has 2 aromatic carbocycles. The smallest absolute Gasteiger partial charge is 0.142 e. The molecule has 1 aliphatic rings. The quantitative estimate of drug-likeness (QED) is 0.588. The summed E-state index contributed by atoms with van der Waals surface area (Å²) in [5.41, 5.74) is 4.27. The first-order valence-corrected chi connectivity index (χ1v) is 9.20. The van der Waals surface area contributed by atoms with Crippen LogP contribution >= 0.6 is 0 Å². The molecule has 3 rings (SSSR count). The van der Waals surface area contributed by atoms with E-state index in [1.54, 1.807) is 7.11 Å². The van der Waals surface area contributed by atoms with Crippen LogP contribution in [0.4, 0.5) is 0 Å². The summed E-state index contributed by atoms with van der Waals surface area (Å²) >= 11 is 0. The van der Waals surface area contributed by atoms with E-state index in [9.17, 15) is 5.11 Å². The van der Waals surface area contributed by atoms with E-state index >= 15 is 0 Å². The van der Waals surface area contributed by atoms with Crippen molar-refractivity contribution in [3.8, 4) is 5.75 Å². The summed E-state index contributed by atoms with van der Waals surface area (Å²) < 4.78 is 5.24. The number of ether oxygens (including phenoxy) is 1. The van der Waals surface area contributed by atoms with Gasteiger partial charge in [-0.05, 0) is 61.3 Å². The Bertz CT molecular complexity index is 739. The SMILES string of the molecule is COc1cccc(/C(C)=N/OCc2ccc([C@H]3CC[C@H](CO)C3)cc2)c1. The molecule has 1 saturated carbocycles. The summed E-state index contributed by atoms with van der Waals surface area (Å²) in [4.78, 5) is 5.52. The van der Waals surface area contributed by atoms with Crippen molar-refractivity contribution in [2.24, 2.45) is 11.1 Å². The molecule has 2 atom stereocenters. The van der Waals surface area contributed by atoms with Gasteiger partial charge >= 0.3 is 0 Å². The first-order valence-electron chi connectivity index (χ1n) is 9.20. The van der Waals surface area contributed by atoms with Crippen molar-refractivity contribution in [3.63, 3.8) is 0 Å². The number of nitrogens with zero attached hydrogens (tertiary/aromatic N) is 1. The van der Waals surface area contributed by atoms with Crippen LogP contribution in [0.5, 0.6) is 5.75 Å². The van der Waals surface area contributed by atoms with Crippen LogP contribution < -0.4 is 4.74 Å². The normalized spacial score (nSPS) is 20.2. The van der Waals surface area contributed by atoms with Crippen molar-refractivity contribution < 1.29 is 14.7 Å². The maximum atomic E-state index is 9.29. The van der Waals surface area contributed by atoms with Gasteiger partial charge in [0.05, 0.1) is 12.8 Å². The van der Waals surface area contributed by atoms with Gasteiger partial charge in [0, 0.05) is 12.2 Å². The average Bonchev–Trinajstić information content (AvgIpc) is 3.18. The first-order chi connectivity index (χ1) is 12.7. The van der Waals surface area contributed by atoms with Crippen LogP contribution in [-0.4, -0.2) is 24.5 Å². The molecule has 0 radical (unpaired) electrons. The fraction of sp³-hybridized carbons (Fsp3) is 0.409. The highest BCUT2D eigenvalue weighted by molar-refractivity contribution is 5.98. The van der Waals surface area contributed by atoms with Crippen LogP contribution in [0.25, 0.3) is 0 Å². The first kappa shape index (κ1) is 18.5. The maximum absolute atomic E-state index is 9.29. The fourth-order valence-electron chi connectivity index (χ4n) is 3.53. The molecule has 0 saturated heterocycles. The number of benzene rings is 2. The van der Waals surface area contributed by atoms with Crippen LogP contribution in [-0.2, 0) is 11.4 Å². The molecule has 0 amide bonds. The van der Waals surface area contributed by atoms with E-state index in [0.717, 1.165) is 35.4 Å². The molecule has 0 aliphatic heterocycles. The van der Waals surface area contributed by atoms with Gasteiger partial charge in [0.1, 0.15) is 12.4 Å². The van der Waals surface area contributed by atoms with Gasteiger partial charge in [0.15, 0.2) is 0 Å². The summed E-state index contributed by atoms with van der Waals surface area (Å²) in [5, 5.41) is 13.5. The zero-order valence-electron chi connectivity index (χ0n) is 15.5. The Hall–Kier alpha value is -2.33. The third-order valence-electron chi connectivity index (χ3n) is 5.17. The highest BCUT2D eigenvalue weighted by atomic mass is 16.6. The lowest BCUT2D eigenvalue weighted by atomic mass is 9.95. The van der Waals surface area contributed by atoms with E-state index in [-0.39, 0.29) is 0 Å². The van der Waals surface area contributed by atoms with E-state index in [1.165, 1.54) is 12.0 Å². The molecule has 1 N–H and O–H groups in total. The van der Waals surface area contributed by atoms with E-state index < -0.39 is 0 Å². The Labute approximate surface area is 155 Å². The van der Waals surface area contributed by atoms with Crippen molar-refractivity contribution in [1.82, 2.24) is 0 Å². The van der Waals surface area contributed by atoms with E-state index in [2.05, 4.69) is 29.4 Å². The van der Waals surface area contributed by atoms with Crippen molar-refractivity contribution in [3.05, 3.63) is 65.2 Å². The molecule has 0 aromatic heterocycles. The summed E-state index contributed by atoms with van der Waals surface area (Å²) in [6, 6.07) is 16.4. The minimum absolute atomic E-state index is 0.313. The molecule has 4 nitrogen and oxygen atoms in total. The highest BCUT2D eigenvalue weighted by Gasteiger charge is 2.25. The minimum Gasteiger partial charge on any atom is -0.497 e. The second kappa shape index (κ2) is 8.86.